The summed E-state index contributed by atoms with van der Waals surface area (Å²) in [5.74, 6) is -0.0438. The van der Waals surface area contributed by atoms with E-state index in [0.29, 0.717) is 36.0 Å². The van der Waals surface area contributed by atoms with Gasteiger partial charge in [-0.2, -0.15) is 0 Å². The fourth-order valence-electron chi connectivity index (χ4n) is 4.48. The van der Waals surface area contributed by atoms with Crippen LogP contribution in [0.3, 0.4) is 0 Å². The van der Waals surface area contributed by atoms with E-state index in [0.717, 1.165) is 19.5 Å². The van der Waals surface area contributed by atoms with Gasteiger partial charge in [0.25, 0.3) is 0 Å². The molecule has 2 aromatic carbocycles. The van der Waals surface area contributed by atoms with E-state index in [-0.39, 0.29) is 23.7 Å². The number of rotatable bonds is 7. The van der Waals surface area contributed by atoms with Crippen LogP contribution >= 0.6 is 11.6 Å². The van der Waals surface area contributed by atoms with Crippen LogP contribution in [0.15, 0.2) is 36.4 Å². The lowest BCUT2D eigenvalue weighted by Crippen LogP contribution is -2.50. The second kappa shape index (κ2) is 10.7. The van der Waals surface area contributed by atoms with Crippen molar-refractivity contribution in [1.82, 2.24) is 4.90 Å². The molecule has 1 aliphatic rings. The average Bonchev–Trinajstić information content (AvgIpc) is 2.74. The molecule has 0 aliphatic carbocycles. The first-order valence-electron chi connectivity index (χ1n) is 11.5. The first kappa shape index (κ1) is 24.5. The molecule has 2 aromatic rings. The predicted molar refractivity (Wildman–Crippen MR) is 131 cm³/mol. The quantitative estimate of drug-likeness (QED) is 0.606. The van der Waals surface area contributed by atoms with Crippen molar-refractivity contribution < 1.29 is 9.18 Å². The summed E-state index contributed by atoms with van der Waals surface area (Å²) in [6.07, 6.45) is 1.31. The van der Waals surface area contributed by atoms with Gasteiger partial charge in [0.1, 0.15) is 5.82 Å². The normalized spacial score (nSPS) is 16.4. The maximum atomic E-state index is 14.1. The van der Waals surface area contributed by atoms with Crippen molar-refractivity contribution in [3.63, 3.8) is 0 Å². The number of benzene rings is 2. The van der Waals surface area contributed by atoms with Crippen molar-refractivity contribution in [3.05, 3.63) is 63.9 Å². The molecule has 2 atom stereocenters. The molecule has 1 fully saturated rings. The van der Waals surface area contributed by atoms with Crippen LogP contribution in [0.2, 0.25) is 5.02 Å². The lowest BCUT2D eigenvalue weighted by atomic mass is 9.94. The Morgan fingerprint density at radius 2 is 1.78 bits per heavy atom. The van der Waals surface area contributed by atoms with E-state index in [4.69, 9.17) is 17.3 Å². The minimum atomic E-state index is -0.355. The number of carbonyl (C=O) groups excluding carboxylic acids is 1. The molecule has 0 unspecified atom stereocenters. The molecule has 0 bridgehead atoms. The van der Waals surface area contributed by atoms with Gasteiger partial charge in [-0.25, -0.2) is 4.39 Å². The van der Waals surface area contributed by atoms with E-state index in [2.05, 4.69) is 43.9 Å². The summed E-state index contributed by atoms with van der Waals surface area (Å²) in [5.41, 5.74) is 10.6. The summed E-state index contributed by atoms with van der Waals surface area (Å²) in [7, 11) is 0. The summed E-state index contributed by atoms with van der Waals surface area (Å²) in [5, 5.41) is 0.366. The van der Waals surface area contributed by atoms with Gasteiger partial charge in [0.05, 0.1) is 0 Å². The molecule has 0 radical (unpaired) electrons. The van der Waals surface area contributed by atoms with Crippen LogP contribution in [0.25, 0.3) is 0 Å². The lowest BCUT2D eigenvalue weighted by molar-refractivity contribution is -0.135. The highest BCUT2D eigenvalue weighted by atomic mass is 35.5. The number of halogens is 2. The number of aryl methyl sites for hydroxylation is 1. The van der Waals surface area contributed by atoms with Gasteiger partial charge >= 0.3 is 0 Å². The van der Waals surface area contributed by atoms with Gasteiger partial charge in [0.2, 0.25) is 5.91 Å². The monoisotopic (exact) mass is 459 g/mol. The van der Waals surface area contributed by atoms with Crippen molar-refractivity contribution in [2.75, 3.05) is 31.1 Å². The zero-order chi connectivity index (χ0) is 23.4. The van der Waals surface area contributed by atoms with E-state index in [1.807, 2.05) is 11.8 Å². The number of piperazine rings is 1. The summed E-state index contributed by atoms with van der Waals surface area (Å²) in [4.78, 5) is 17.2. The second-order valence-electron chi connectivity index (χ2n) is 9.45. The molecule has 4 nitrogen and oxygen atoms in total. The molecule has 1 saturated heterocycles. The Kier molecular flexibility index (Phi) is 8.18. The molecule has 3 rings (SSSR count). The first-order valence-corrected chi connectivity index (χ1v) is 11.9. The Balaban J connectivity index is 1.64. The molecule has 0 spiro atoms. The molecular formula is C26H35ClFN3O. The Morgan fingerprint density at radius 1 is 1.09 bits per heavy atom. The zero-order valence-corrected chi connectivity index (χ0v) is 20.3. The average molecular weight is 460 g/mol. The highest BCUT2D eigenvalue weighted by molar-refractivity contribution is 6.30. The standard InChI is InChI=1S/C26H35ClFN3O/c1-17(2)13-24(29)22-14-18(3)5-8-25(22)30-9-11-31(12-10-30)26(32)19(4)15-20-6-7-21(27)16-23(20)28/h5-8,14,16-17,19,24H,9-13,15,29H2,1-4H3/t19-,24+/m1/s1. The van der Waals surface area contributed by atoms with E-state index < -0.39 is 0 Å². The molecule has 1 aliphatic heterocycles. The highest BCUT2D eigenvalue weighted by Gasteiger charge is 2.27. The fourth-order valence-corrected chi connectivity index (χ4v) is 4.64. The molecule has 0 saturated carbocycles. The largest absolute Gasteiger partial charge is 0.368 e. The molecule has 1 amide bonds. The van der Waals surface area contributed by atoms with Crippen molar-refractivity contribution in [2.45, 2.75) is 46.6 Å². The van der Waals surface area contributed by atoms with Crippen molar-refractivity contribution in [3.8, 4) is 0 Å². The molecule has 174 valence electrons. The maximum Gasteiger partial charge on any atom is 0.225 e. The van der Waals surface area contributed by atoms with Gasteiger partial charge in [-0.05, 0) is 55.0 Å². The highest BCUT2D eigenvalue weighted by Crippen LogP contribution is 2.31. The Bertz CT molecular complexity index is 941. The SMILES string of the molecule is Cc1ccc(N2CCN(C(=O)[C@H](C)Cc3ccc(Cl)cc3F)CC2)c([C@@H](N)CC(C)C)c1. The predicted octanol–water partition coefficient (Wildman–Crippen LogP) is 5.36. The summed E-state index contributed by atoms with van der Waals surface area (Å²) >= 11 is 5.84. The van der Waals surface area contributed by atoms with Crippen LogP contribution in [0.5, 0.6) is 0 Å². The number of nitrogens with two attached hydrogens (primary N) is 1. The third-order valence-corrected chi connectivity index (χ3v) is 6.44. The maximum absolute atomic E-state index is 14.1. The third kappa shape index (κ3) is 6.02. The van der Waals surface area contributed by atoms with Crippen LogP contribution in [0.4, 0.5) is 10.1 Å². The van der Waals surface area contributed by atoms with Gasteiger partial charge in [-0.3, -0.25) is 4.79 Å². The zero-order valence-electron chi connectivity index (χ0n) is 19.6. The number of anilines is 1. The van der Waals surface area contributed by atoms with Gasteiger partial charge in [-0.1, -0.05) is 56.1 Å². The Hall–Kier alpha value is -2.11. The van der Waals surface area contributed by atoms with Gasteiger partial charge in [0, 0.05) is 48.8 Å². The van der Waals surface area contributed by atoms with Crippen LogP contribution in [0, 0.1) is 24.6 Å². The molecule has 2 N–H and O–H groups in total. The summed E-state index contributed by atoms with van der Waals surface area (Å²) < 4.78 is 14.1. The van der Waals surface area contributed by atoms with Crippen molar-refractivity contribution >= 4 is 23.2 Å². The second-order valence-corrected chi connectivity index (χ2v) is 9.89. The van der Waals surface area contributed by atoms with Gasteiger partial charge in [-0.15, -0.1) is 0 Å². The smallest absolute Gasteiger partial charge is 0.225 e. The van der Waals surface area contributed by atoms with Crippen LogP contribution in [-0.4, -0.2) is 37.0 Å². The van der Waals surface area contributed by atoms with E-state index in [9.17, 15) is 9.18 Å². The Morgan fingerprint density at radius 3 is 2.41 bits per heavy atom. The van der Waals surface area contributed by atoms with Crippen LogP contribution in [-0.2, 0) is 11.2 Å². The fraction of sp³-hybridized carbons (Fsp3) is 0.500. The molecular weight excluding hydrogens is 425 g/mol. The Labute approximate surface area is 196 Å². The topological polar surface area (TPSA) is 49.6 Å². The van der Waals surface area contributed by atoms with Crippen molar-refractivity contribution in [1.29, 1.82) is 0 Å². The van der Waals surface area contributed by atoms with Crippen molar-refractivity contribution in [2.24, 2.45) is 17.6 Å². The van der Waals surface area contributed by atoms with Crippen LogP contribution < -0.4 is 10.6 Å². The number of hydrogen-bond donors (Lipinski definition) is 1. The minimum Gasteiger partial charge on any atom is -0.368 e. The third-order valence-electron chi connectivity index (χ3n) is 6.20. The van der Waals surface area contributed by atoms with E-state index in [1.165, 1.54) is 22.9 Å². The molecule has 6 heteroatoms. The molecule has 32 heavy (non-hydrogen) atoms. The molecule has 0 aromatic heterocycles. The van der Waals surface area contributed by atoms with Gasteiger partial charge < -0.3 is 15.5 Å². The number of amides is 1. The minimum absolute atomic E-state index is 0.00106. The van der Waals surface area contributed by atoms with E-state index >= 15 is 0 Å². The summed E-state index contributed by atoms with van der Waals surface area (Å²) in [6.45, 7) is 11.2. The summed E-state index contributed by atoms with van der Waals surface area (Å²) in [6, 6.07) is 11.1. The van der Waals surface area contributed by atoms with E-state index in [1.54, 1.807) is 12.1 Å². The van der Waals surface area contributed by atoms with Crippen LogP contribution in [0.1, 0.15) is 49.9 Å². The van der Waals surface area contributed by atoms with Gasteiger partial charge in [0.15, 0.2) is 0 Å². The molecule has 1 heterocycles. The number of nitrogens with zero attached hydrogens (tertiary/aromatic N) is 2. The number of carbonyl (C=O) groups is 1. The number of hydrogen-bond acceptors (Lipinski definition) is 3. The first-order chi connectivity index (χ1) is 15.2. The lowest BCUT2D eigenvalue weighted by Gasteiger charge is -2.38.